The van der Waals surface area contributed by atoms with Crippen LogP contribution in [0.3, 0.4) is 0 Å². The maximum absolute atomic E-state index is 11.0. The SMILES string of the molecule is CCCCCNC(=O)NC[C@H](O)C(=O)O. The topological polar surface area (TPSA) is 98.7 Å². The van der Waals surface area contributed by atoms with E-state index in [0.717, 1.165) is 19.3 Å². The summed E-state index contributed by atoms with van der Waals surface area (Å²) in [5, 5.41) is 22.0. The monoisotopic (exact) mass is 218 g/mol. The van der Waals surface area contributed by atoms with E-state index in [1.165, 1.54) is 0 Å². The summed E-state index contributed by atoms with van der Waals surface area (Å²) in [6.07, 6.45) is 1.45. The molecule has 6 heteroatoms. The van der Waals surface area contributed by atoms with Crippen LogP contribution in [0, 0.1) is 0 Å². The fraction of sp³-hybridized carbons (Fsp3) is 0.778. The largest absolute Gasteiger partial charge is 0.479 e. The normalized spacial score (nSPS) is 11.9. The van der Waals surface area contributed by atoms with Gasteiger partial charge in [0.25, 0.3) is 0 Å². The number of aliphatic hydroxyl groups excluding tert-OH is 1. The molecule has 0 bridgehead atoms. The molecule has 88 valence electrons. The van der Waals surface area contributed by atoms with E-state index in [9.17, 15) is 9.59 Å². The van der Waals surface area contributed by atoms with Crippen molar-refractivity contribution in [3.63, 3.8) is 0 Å². The van der Waals surface area contributed by atoms with Gasteiger partial charge in [0.1, 0.15) is 0 Å². The summed E-state index contributed by atoms with van der Waals surface area (Å²) < 4.78 is 0. The van der Waals surface area contributed by atoms with Crippen LogP contribution in [-0.4, -0.2) is 41.4 Å². The van der Waals surface area contributed by atoms with Gasteiger partial charge >= 0.3 is 12.0 Å². The second kappa shape index (κ2) is 8.05. The number of rotatable bonds is 7. The van der Waals surface area contributed by atoms with Crippen LogP contribution in [0.2, 0.25) is 0 Å². The Balaban J connectivity index is 3.45. The first-order chi connectivity index (χ1) is 7.07. The predicted octanol–water partition coefficient (Wildman–Crippen LogP) is -0.0787. The zero-order chi connectivity index (χ0) is 11.7. The Kier molecular flexibility index (Phi) is 7.35. The first-order valence-corrected chi connectivity index (χ1v) is 5.00. The maximum atomic E-state index is 11.0. The zero-order valence-corrected chi connectivity index (χ0v) is 8.82. The third kappa shape index (κ3) is 7.75. The van der Waals surface area contributed by atoms with Crippen LogP contribution >= 0.6 is 0 Å². The number of urea groups is 1. The van der Waals surface area contributed by atoms with Gasteiger partial charge in [-0.2, -0.15) is 0 Å². The van der Waals surface area contributed by atoms with Crippen molar-refractivity contribution in [2.24, 2.45) is 0 Å². The molecule has 0 spiro atoms. The highest BCUT2D eigenvalue weighted by Gasteiger charge is 2.13. The van der Waals surface area contributed by atoms with E-state index in [1.54, 1.807) is 0 Å². The summed E-state index contributed by atoms with van der Waals surface area (Å²) in [6.45, 7) is 2.33. The molecular weight excluding hydrogens is 200 g/mol. The summed E-state index contributed by atoms with van der Waals surface area (Å²) in [6, 6.07) is -0.452. The molecule has 6 nitrogen and oxygen atoms in total. The van der Waals surface area contributed by atoms with Gasteiger partial charge in [0, 0.05) is 6.54 Å². The Morgan fingerprint density at radius 3 is 2.47 bits per heavy atom. The van der Waals surface area contributed by atoms with Crippen molar-refractivity contribution in [1.29, 1.82) is 0 Å². The third-order valence-electron chi connectivity index (χ3n) is 1.81. The highest BCUT2D eigenvalue weighted by Crippen LogP contribution is 1.90. The van der Waals surface area contributed by atoms with Crippen LogP contribution in [0.4, 0.5) is 4.79 Å². The van der Waals surface area contributed by atoms with E-state index < -0.39 is 18.1 Å². The number of amides is 2. The van der Waals surface area contributed by atoms with Gasteiger partial charge in [0.15, 0.2) is 6.10 Å². The number of hydrogen-bond donors (Lipinski definition) is 4. The molecule has 0 unspecified atom stereocenters. The van der Waals surface area contributed by atoms with Gasteiger partial charge in [0.2, 0.25) is 0 Å². The fourth-order valence-electron chi connectivity index (χ4n) is 0.916. The van der Waals surface area contributed by atoms with E-state index in [1.807, 2.05) is 0 Å². The average Bonchev–Trinajstić information content (AvgIpc) is 2.20. The van der Waals surface area contributed by atoms with Crippen LogP contribution in [0.1, 0.15) is 26.2 Å². The minimum Gasteiger partial charge on any atom is -0.479 e. The molecule has 0 aliphatic carbocycles. The lowest BCUT2D eigenvalue weighted by atomic mass is 10.2. The minimum absolute atomic E-state index is 0.283. The quantitative estimate of drug-likeness (QED) is 0.449. The van der Waals surface area contributed by atoms with E-state index in [0.29, 0.717) is 6.54 Å². The first kappa shape index (κ1) is 13.7. The van der Waals surface area contributed by atoms with Crippen LogP contribution in [-0.2, 0) is 4.79 Å². The van der Waals surface area contributed by atoms with Gasteiger partial charge in [-0.15, -0.1) is 0 Å². The number of carbonyl (C=O) groups excluding carboxylic acids is 1. The molecule has 0 aromatic carbocycles. The van der Waals surface area contributed by atoms with Gasteiger partial charge in [-0.25, -0.2) is 9.59 Å². The van der Waals surface area contributed by atoms with Crippen molar-refractivity contribution in [1.82, 2.24) is 10.6 Å². The van der Waals surface area contributed by atoms with Crippen molar-refractivity contribution in [2.75, 3.05) is 13.1 Å². The van der Waals surface area contributed by atoms with Gasteiger partial charge in [0.05, 0.1) is 6.54 Å². The molecule has 1 atom stereocenters. The minimum atomic E-state index is -1.55. The number of carboxylic acids is 1. The second-order valence-electron chi connectivity index (χ2n) is 3.20. The van der Waals surface area contributed by atoms with E-state index in [2.05, 4.69) is 17.6 Å². The number of hydrogen-bond acceptors (Lipinski definition) is 3. The Morgan fingerprint density at radius 2 is 1.93 bits per heavy atom. The highest BCUT2D eigenvalue weighted by atomic mass is 16.4. The molecule has 15 heavy (non-hydrogen) atoms. The average molecular weight is 218 g/mol. The Hall–Kier alpha value is -1.30. The molecule has 0 saturated carbocycles. The van der Waals surface area contributed by atoms with Gasteiger partial charge in [-0.05, 0) is 6.42 Å². The first-order valence-electron chi connectivity index (χ1n) is 5.00. The van der Waals surface area contributed by atoms with Crippen LogP contribution < -0.4 is 10.6 Å². The number of carbonyl (C=O) groups is 2. The van der Waals surface area contributed by atoms with Crippen molar-refractivity contribution in [3.05, 3.63) is 0 Å². The number of nitrogens with one attached hydrogen (secondary N) is 2. The highest BCUT2D eigenvalue weighted by molar-refractivity contribution is 5.76. The summed E-state index contributed by atoms with van der Waals surface area (Å²) in [7, 11) is 0. The molecule has 2 amide bonds. The van der Waals surface area contributed by atoms with Gasteiger partial charge in [-0.1, -0.05) is 19.8 Å². The summed E-state index contributed by atoms with van der Waals surface area (Å²) in [5.74, 6) is -1.35. The third-order valence-corrected chi connectivity index (χ3v) is 1.81. The molecule has 0 fully saturated rings. The Labute approximate surface area is 88.7 Å². The van der Waals surface area contributed by atoms with Gasteiger partial charge in [-0.3, -0.25) is 0 Å². The fourth-order valence-corrected chi connectivity index (χ4v) is 0.916. The molecule has 0 aromatic heterocycles. The summed E-state index contributed by atoms with van der Waals surface area (Å²) >= 11 is 0. The molecular formula is C9H18N2O4. The lowest BCUT2D eigenvalue weighted by molar-refractivity contribution is -0.146. The second-order valence-corrected chi connectivity index (χ2v) is 3.20. The van der Waals surface area contributed by atoms with Crippen LogP contribution in [0.25, 0.3) is 0 Å². The summed E-state index contributed by atoms with van der Waals surface area (Å²) in [4.78, 5) is 21.2. The van der Waals surface area contributed by atoms with Crippen LogP contribution in [0.5, 0.6) is 0 Å². The van der Waals surface area contributed by atoms with Crippen molar-refractivity contribution in [2.45, 2.75) is 32.3 Å². The predicted molar refractivity (Wildman–Crippen MR) is 54.6 cm³/mol. The molecule has 0 saturated heterocycles. The Bertz CT molecular complexity index is 208. The number of unbranched alkanes of at least 4 members (excludes halogenated alkanes) is 2. The van der Waals surface area contributed by atoms with E-state index >= 15 is 0 Å². The molecule has 0 aromatic rings. The standard InChI is InChI=1S/C9H18N2O4/c1-2-3-4-5-10-9(15)11-6-7(12)8(13)14/h7,12H,2-6H2,1H3,(H,13,14)(H2,10,11,15)/t7-/m0/s1. The van der Waals surface area contributed by atoms with E-state index in [4.69, 9.17) is 10.2 Å². The molecule has 4 N–H and O–H groups in total. The number of carboxylic acid groups (broad SMARTS) is 1. The molecule has 0 rings (SSSR count). The molecule has 0 aliphatic heterocycles. The molecule has 0 aliphatic rings. The van der Waals surface area contributed by atoms with Crippen molar-refractivity contribution in [3.8, 4) is 0 Å². The van der Waals surface area contributed by atoms with Crippen molar-refractivity contribution < 1.29 is 19.8 Å². The maximum Gasteiger partial charge on any atom is 0.334 e. The zero-order valence-electron chi connectivity index (χ0n) is 8.82. The number of aliphatic carboxylic acids is 1. The molecule has 0 radical (unpaired) electrons. The smallest absolute Gasteiger partial charge is 0.334 e. The Morgan fingerprint density at radius 1 is 1.27 bits per heavy atom. The molecule has 0 heterocycles. The van der Waals surface area contributed by atoms with Crippen LogP contribution in [0.15, 0.2) is 0 Å². The lowest BCUT2D eigenvalue weighted by Gasteiger charge is -2.08. The summed E-state index contributed by atoms with van der Waals surface area (Å²) in [5.41, 5.74) is 0. The number of aliphatic hydroxyl groups is 1. The van der Waals surface area contributed by atoms with E-state index in [-0.39, 0.29) is 6.54 Å². The lowest BCUT2D eigenvalue weighted by Crippen LogP contribution is -2.42. The van der Waals surface area contributed by atoms with Gasteiger partial charge < -0.3 is 20.8 Å². The van der Waals surface area contributed by atoms with Crippen molar-refractivity contribution >= 4 is 12.0 Å².